The molecule has 0 amide bonds. The third kappa shape index (κ3) is 4.83. The third-order valence-electron chi connectivity index (χ3n) is 6.23. The summed E-state index contributed by atoms with van der Waals surface area (Å²) in [6.07, 6.45) is 3.54. The summed E-state index contributed by atoms with van der Waals surface area (Å²) in [5.41, 5.74) is 14.3. The van der Waals surface area contributed by atoms with Gasteiger partial charge in [0.15, 0.2) is 5.78 Å². The van der Waals surface area contributed by atoms with Crippen molar-refractivity contribution in [2.75, 3.05) is 0 Å². The Morgan fingerprint density at radius 1 is 1.09 bits per heavy atom. The Morgan fingerprint density at radius 2 is 1.79 bits per heavy atom. The number of hydrogen-bond acceptors (Lipinski definition) is 6. The molecule has 2 unspecified atom stereocenters. The van der Waals surface area contributed by atoms with E-state index >= 15 is 0 Å². The van der Waals surface area contributed by atoms with E-state index in [0.717, 1.165) is 17.2 Å². The zero-order valence-electron chi connectivity index (χ0n) is 18.2. The number of aryl methyl sites for hydroxylation is 1. The summed E-state index contributed by atoms with van der Waals surface area (Å²) in [6, 6.07) is 7.67. The number of pyridine rings is 2. The summed E-state index contributed by atoms with van der Waals surface area (Å²) in [7, 11) is 0. The first-order valence-corrected chi connectivity index (χ1v) is 10.8. The molecule has 5 N–H and O–H groups in total. The number of aliphatic hydroxyl groups is 1. The number of aromatic nitrogens is 2. The summed E-state index contributed by atoms with van der Waals surface area (Å²) >= 11 is 0. The molecule has 172 valence electrons. The van der Waals surface area contributed by atoms with Gasteiger partial charge in [0.1, 0.15) is 23.0 Å². The average molecular weight is 453 g/mol. The van der Waals surface area contributed by atoms with E-state index < -0.39 is 29.8 Å². The number of aliphatic hydroxyl groups excluding tert-OH is 1. The SMILES string of the molecule is Cc1ccc(F)c(-c2nc(C(=O)Cc3cnccc3C3C[C@@H](N)C(O)[C@@H](N)C3)ccc2F)c1. The minimum Gasteiger partial charge on any atom is -0.390 e. The molecule has 1 aliphatic carbocycles. The summed E-state index contributed by atoms with van der Waals surface area (Å²) < 4.78 is 28.8. The predicted molar refractivity (Wildman–Crippen MR) is 121 cm³/mol. The van der Waals surface area contributed by atoms with Gasteiger partial charge in [-0.1, -0.05) is 11.6 Å². The van der Waals surface area contributed by atoms with E-state index in [4.69, 9.17) is 11.5 Å². The fraction of sp³-hybridized carbons (Fsp3) is 0.320. The van der Waals surface area contributed by atoms with Gasteiger partial charge in [-0.05, 0) is 67.1 Å². The lowest BCUT2D eigenvalue weighted by molar-refractivity contribution is 0.0798. The van der Waals surface area contributed by atoms with Crippen LogP contribution in [0.2, 0.25) is 0 Å². The topological polar surface area (TPSA) is 115 Å². The molecule has 1 saturated carbocycles. The van der Waals surface area contributed by atoms with Gasteiger partial charge >= 0.3 is 0 Å². The number of halogens is 2. The number of rotatable bonds is 5. The quantitative estimate of drug-likeness (QED) is 0.513. The van der Waals surface area contributed by atoms with Crippen molar-refractivity contribution in [3.8, 4) is 11.3 Å². The van der Waals surface area contributed by atoms with Crippen LogP contribution in [0.5, 0.6) is 0 Å². The van der Waals surface area contributed by atoms with E-state index in [0.29, 0.717) is 18.4 Å². The van der Waals surface area contributed by atoms with Crippen LogP contribution >= 0.6 is 0 Å². The van der Waals surface area contributed by atoms with E-state index in [-0.39, 0.29) is 35.1 Å². The smallest absolute Gasteiger partial charge is 0.185 e. The highest BCUT2D eigenvalue weighted by atomic mass is 19.1. The molecule has 3 aromatic rings. The van der Waals surface area contributed by atoms with Crippen molar-refractivity contribution in [1.29, 1.82) is 0 Å². The number of carbonyl (C=O) groups excluding carboxylic acids is 1. The second-order valence-electron chi connectivity index (χ2n) is 8.67. The van der Waals surface area contributed by atoms with E-state index in [1.807, 2.05) is 6.07 Å². The van der Waals surface area contributed by atoms with Crippen molar-refractivity contribution in [2.24, 2.45) is 11.5 Å². The molecule has 33 heavy (non-hydrogen) atoms. The molecule has 0 saturated heterocycles. The summed E-state index contributed by atoms with van der Waals surface area (Å²) in [5.74, 6) is -1.69. The first kappa shape index (κ1) is 23.1. The van der Waals surface area contributed by atoms with Crippen molar-refractivity contribution in [3.63, 3.8) is 0 Å². The molecule has 0 spiro atoms. The molecule has 2 aromatic heterocycles. The first-order valence-electron chi connectivity index (χ1n) is 10.8. The lowest BCUT2D eigenvalue weighted by atomic mass is 9.76. The van der Waals surface area contributed by atoms with E-state index in [1.165, 1.54) is 18.2 Å². The maximum absolute atomic E-state index is 14.5. The normalized spacial score (nSPS) is 22.8. The number of nitrogens with two attached hydrogens (primary N) is 2. The molecular formula is C25H26F2N4O2. The first-order chi connectivity index (χ1) is 15.7. The van der Waals surface area contributed by atoms with Gasteiger partial charge in [0.05, 0.1) is 6.10 Å². The summed E-state index contributed by atoms with van der Waals surface area (Å²) in [6.45, 7) is 1.77. The second-order valence-corrected chi connectivity index (χ2v) is 8.67. The van der Waals surface area contributed by atoms with Crippen LogP contribution in [0.3, 0.4) is 0 Å². The van der Waals surface area contributed by atoms with Gasteiger partial charge in [0.2, 0.25) is 0 Å². The summed E-state index contributed by atoms with van der Waals surface area (Å²) in [5, 5.41) is 10.1. The van der Waals surface area contributed by atoms with Crippen LogP contribution in [0, 0.1) is 18.6 Å². The Bertz CT molecular complexity index is 1170. The maximum Gasteiger partial charge on any atom is 0.185 e. The number of nitrogens with zero attached hydrogens (tertiary/aromatic N) is 2. The van der Waals surface area contributed by atoms with E-state index in [1.54, 1.807) is 25.4 Å². The molecule has 0 bridgehead atoms. The van der Waals surface area contributed by atoms with Crippen LogP contribution < -0.4 is 11.5 Å². The minimum atomic E-state index is -0.767. The molecule has 1 aromatic carbocycles. The highest BCUT2D eigenvalue weighted by Gasteiger charge is 2.34. The van der Waals surface area contributed by atoms with Crippen molar-refractivity contribution in [1.82, 2.24) is 9.97 Å². The number of hydrogen-bond donors (Lipinski definition) is 3. The van der Waals surface area contributed by atoms with Gasteiger partial charge in [-0.25, -0.2) is 13.8 Å². The maximum atomic E-state index is 14.5. The Balaban J connectivity index is 1.62. The molecule has 0 radical (unpaired) electrons. The predicted octanol–water partition coefficient (Wildman–Crippen LogP) is 3.05. The zero-order chi connectivity index (χ0) is 23.7. The van der Waals surface area contributed by atoms with Crippen LogP contribution in [-0.2, 0) is 6.42 Å². The minimum absolute atomic E-state index is 0.00737. The largest absolute Gasteiger partial charge is 0.390 e. The standard InChI is InChI=1S/C25H26F2N4O2/c1-13-2-3-18(26)17(8-13)24-19(27)4-5-22(31-24)23(32)11-15-12-30-7-6-16(15)14-9-20(28)25(33)21(29)10-14/h2-8,12,14,20-21,25,33H,9-11,28-29H2,1H3/t14?,20-,21+,25?. The summed E-state index contributed by atoms with van der Waals surface area (Å²) in [4.78, 5) is 21.4. The molecule has 1 aliphatic rings. The molecular weight excluding hydrogens is 426 g/mol. The number of carbonyl (C=O) groups is 1. The fourth-order valence-corrected chi connectivity index (χ4v) is 4.46. The molecule has 4 atom stereocenters. The van der Waals surface area contributed by atoms with Gasteiger partial charge in [-0.15, -0.1) is 0 Å². The fourth-order valence-electron chi connectivity index (χ4n) is 4.46. The Kier molecular flexibility index (Phi) is 6.60. The van der Waals surface area contributed by atoms with Crippen LogP contribution in [0.25, 0.3) is 11.3 Å². The zero-order valence-corrected chi connectivity index (χ0v) is 18.2. The van der Waals surface area contributed by atoms with Crippen LogP contribution in [-0.4, -0.2) is 39.0 Å². The van der Waals surface area contributed by atoms with Gasteiger partial charge in [0.25, 0.3) is 0 Å². The van der Waals surface area contributed by atoms with Gasteiger partial charge < -0.3 is 16.6 Å². The lowest BCUT2D eigenvalue weighted by Gasteiger charge is -2.36. The van der Waals surface area contributed by atoms with E-state index in [2.05, 4.69) is 9.97 Å². The molecule has 4 rings (SSSR count). The van der Waals surface area contributed by atoms with Gasteiger partial charge in [-0.2, -0.15) is 0 Å². The van der Waals surface area contributed by atoms with E-state index in [9.17, 15) is 18.7 Å². The number of benzene rings is 1. The lowest BCUT2D eigenvalue weighted by Crippen LogP contribution is -2.52. The van der Waals surface area contributed by atoms with Crippen molar-refractivity contribution in [2.45, 2.75) is 50.3 Å². The molecule has 2 heterocycles. The molecule has 8 heteroatoms. The highest BCUT2D eigenvalue weighted by Crippen LogP contribution is 2.34. The van der Waals surface area contributed by atoms with Crippen molar-refractivity contribution < 1.29 is 18.7 Å². The number of ketones is 1. The van der Waals surface area contributed by atoms with Crippen LogP contribution in [0.4, 0.5) is 8.78 Å². The van der Waals surface area contributed by atoms with Crippen LogP contribution in [0.1, 0.15) is 45.9 Å². The molecule has 0 aliphatic heterocycles. The Morgan fingerprint density at radius 3 is 2.52 bits per heavy atom. The average Bonchev–Trinajstić information content (AvgIpc) is 2.79. The van der Waals surface area contributed by atoms with Gasteiger partial charge in [-0.3, -0.25) is 9.78 Å². The molecule has 1 fully saturated rings. The van der Waals surface area contributed by atoms with Crippen molar-refractivity contribution in [3.05, 3.63) is 82.8 Å². The van der Waals surface area contributed by atoms with Crippen LogP contribution in [0.15, 0.2) is 48.8 Å². The number of Topliss-reactive ketones (excluding diaryl/α,β-unsaturated/α-hetero) is 1. The Hall–Kier alpha value is -3.07. The van der Waals surface area contributed by atoms with Crippen molar-refractivity contribution >= 4 is 5.78 Å². The Labute approximate surface area is 190 Å². The molecule has 6 nitrogen and oxygen atoms in total. The monoisotopic (exact) mass is 452 g/mol. The highest BCUT2D eigenvalue weighted by molar-refractivity contribution is 5.96. The third-order valence-corrected chi connectivity index (χ3v) is 6.23. The second kappa shape index (κ2) is 9.43. The van der Waals surface area contributed by atoms with Gasteiger partial charge in [0, 0.05) is 36.5 Å².